The lowest BCUT2D eigenvalue weighted by Crippen LogP contribution is -2.36. The lowest BCUT2D eigenvalue weighted by atomic mass is 10.1. The summed E-state index contributed by atoms with van der Waals surface area (Å²) < 4.78 is 33.9. The molecule has 4 aromatic rings. The predicted molar refractivity (Wildman–Crippen MR) is 138 cm³/mol. The second-order valence-corrected chi connectivity index (χ2v) is 9.80. The van der Waals surface area contributed by atoms with E-state index in [4.69, 9.17) is 23.2 Å². The van der Waals surface area contributed by atoms with E-state index in [1.807, 2.05) is 0 Å². The summed E-state index contributed by atoms with van der Waals surface area (Å²) in [6.07, 6.45) is 3.24. The van der Waals surface area contributed by atoms with Crippen LogP contribution in [-0.2, 0) is 16.7 Å². The van der Waals surface area contributed by atoms with Crippen LogP contribution in [-0.4, -0.2) is 29.8 Å². The fourth-order valence-corrected chi connectivity index (χ4v) is 3.87. The Kier molecular flexibility index (Phi) is 9.37. The van der Waals surface area contributed by atoms with E-state index in [1.54, 1.807) is 71.4 Å². The molecular formula is C26H20Cl2N2O6S. The lowest BCUT2D eigenvalue weighted by molar-refractivity contribution is -0.683. The smallest absolute Gasteiger partial charge is 0.257 e. The fourth-order valence-electron chi connectivity index (χ4n) is 3.05. The summed E-state index contributed by atoms with van der Waals surface area (Å²) >= 11 is 11.6. The lowest BCUT2D eigenvalue weighted by Gasteiger charge is -2.09. The highest BCUT2D eigenvalue weighted by atomic mass is 35.5. The van der Waals surface area contributed by atoms with Gasteiger partial charge in [-0.05, 0) is 66.7 Å². The largest absolute Gasteiger partial charge is 0.744 e. The maximum absolute atomic E-state index is 11.9. The molecule has 1 aromatic heterocycles. The summed E-state index contributed by atoms with van der Waals surface area (Å²) in [7, 11) is -4.49. The molecule has 0 unspecified atom stereocenters. The molecule has 0 saturated carbocycles. The number of carbonyl (C=O) groups excluding carboxylic acids is 2. The van der Waals surface area contributed by atoms with Crippen LogP contribution in [0.2, 0.25) is 10.0 Å². The van der Waals surface area contributed by atoms with Gasteiger partial charge in [0.05, 0.1) is 15.5 Å². The number of nitrogens with zero attached hydrogens (tertiary/aromatic N) is 1. The van der Waals surface area contributed by atoms with Crippen LogP contribution in [0.1, 0.15) is 20.7 Å². The number of aromatic nitrogens is 1. The van der Waals surface area contributed by atoms with E-state index in [9.17, 15) is 27.7 Å². The Morgan fingerprint density at radius 3 is 2.14 bits per heavy atom. The molecule has 37 heavy (non-hydrogen) atoms. The zero-order valence-corrected chi connectivity index (χ0v) is 21.4. The SMILES string of the molecule is O=C(C[n+]1cccc(O)c1)c1ccc(Cl)cc1.O=C(Nc1ccc(S(=O)(=O)[O-])cc1)c1ccccc1Cl. The van der Waals surface area contributed by atoms with Crippen molar-refractivity contribution in [3.8, 4) is 5.75 Å². The minimum absolute atomic E-state index is 0.0303. The number of hydrogen-bond acceptors (Lipinski definition) is 6. The summed E-state index contributed by atoms with van der Waals surface area (Å²) in [5.41, 5.74) is 1.27. The molecule has 0 aliphatic carbocycles. The second kappa shape index (κ2) is 12.5. The summed E-state index contributed by atoms with van der Waals surface area (Å²) in [6, 6.07) is 21.4. The molecule has 0 atom stereocenters. The number of benzene rings is 3. The van der Waals surface area contributed by atoms with Crippen molar-refractivity contribution in [2.24, 2.45) is 0 Å². The minimum atomic E-state index is -4.49. The van der Waals surface area contributed by atoms with Gasteiger partial charge in [0, 0.05) is 22.3 Å². The molecule has 0 spiro atoms. The van der Waals surface area contributed by atoms with E-state index in [-0.39, 0.29) is 23.0 Å². The third-order valence-corrected chi connectivity index (χ3v) is 6.29. The molecule has 0 saturated heterocycles. The molecule has 2 N–H and O–H groups in total. The molecule has 3 aromatic carbocycles. The number of rotatable bonds is 6. The number of amides is 1. The van der Waals surface area contributed by atoms with Crippen LogP contribution in [0.15, 0.2) is 102 Å². The summed E-state index contributed by atoms with van der Waals surface area (Å²) in [5.74, 6) is -0.318. The maximum atomic E-state index is 11.9. The van der Waals surface area contributed by atoms with Gasteiger partial charge in [-0.1, -0.05) is 35.3 Å². The molecule has 190 valence electrons. The van der Waals surface area contributed by atoms with Gasteiger partial charge in [-0.3, -0.25) is 9.59 Å². The highest BCUT2D eigenvalue weighted by Gasteiger charge is 2.12. The van der Waals surface area contributed by atoms with Crippen molar-refractivity contribution in [1.82, 2.24) is 0 Å². The van der Waals surface area contributed by atoms with E-state index in [1.165, 1.54) is 18.3 Å². The summed E-state index contributed by atoms with van der Waals surface area (Å²) in [5, 5.41) is 12.8. The van der Waals surface area contributed by atoms with E-state index in [0.717, 1.165) is 12.1 Å². The monoisotopic (exact) mass is 558 g/mol. The highest BCUT2D eigenvalue weighted by molar-refractivity contribution is 7.85. The normalized spacial score (nSPS) is 10.7. The van der Waals surface area contributed by atoms with Gasteiger partial charge in [0.2, 0.25) is 18.5 Å². The third-order valence-electron chi connectivity index (χ3n) is 4.85. The first kappa shape index (κ1) is 27.8. The molecule has 0 aliphatic heterocycles. The molecule has 1 heterocycles. The molecule has 0 aliphatic rings. The van der Waals surface area contributed by atoms with Gasteiger partial charge < -0.3 is 15.0 Å². The van der Waals surface area contributed by atoms with Crippen LogP contribution >= 0.6 is 23.2 Å². The van der Waals surface area contributed by atoms with Crippen molar-refractivity contribution in [2.45, 2.75) is 11.4 Å². The molecule has 4 rings (SSSR count). The van der Waals surface area contributed by atoms with E-state index in [2.05, 4.69) is 5.32 Å². The van der Waals surface area contributed by atoms with Crippen molar-refractivity contribution in [2.75, 3.05) is 5.32 Å². The number of pyridine rings is 1. The summed E-state index contributed by atoms with van der Waals surface area (Å²) in [4.78, 5) is 23.5. The molecular weight excluding hydrogens is 539 g/mol. The molecule has 8 nitrogen and oxygen atoms in total. The number of ketones is 1. The van der Waals surface area contributed by atoms with Crippen molar-refractivity contribution < 1.29 is 32.2 Å². The number of halogens is 2. The first-order valence-electron chi connectivity index (χ1n) is 10.6. The van der Waals surface area contributed by atoms with Crippen LogP contribution < -0.4 is 9.88 Å². The van der Waals surface area contributed by atoms with Crippen LogP contribution in [0.4, 0.5) is 5.69 Å². The van der Waals surface area contributed by atoms with Crippen LogP contribution in [0.25, 0.3) is 0 Å². The first-order chi connectivity index (χ1) is 17.5. The zero-order valence-electron chi connectivity index (χ0n) is 19.0. The molecule has 11 heteroatoms. The second-order valence-electron chi connectivity index (χ2n) is 7.58. The number of hydrogen-bond donors (Lipinski definition) is 2. The molecule has 1 amide bonds. The van der Waals surface area contributed by atoms with Gasteiger partial charge in [-0.15, -0.1) is 0 Å². The Balaban J connectivity index is 0.000000208. The van der Waals surface area contributed by atoms with Crippen molar-refractivity contribution >= 4 is 50.7 Å². The highest BCUT2D eigenvalue weighted by Crippen LogP contribution is 2.18. The molecule has 0 fully saturated rings. The Morgan fingerprint density at radius 2 is 1.54 bits per heavy atom. The van der Waals surface area contributed by atoms with Crippen molar-refractivity contribution in [3.63, 3.8) is 0 Å². The standard InChI is InChI=1S/C13H10ClNO4S.C13H10ClNO2/c14-12-4-2-1-3-11(12)13(16)15-9-5-7-10(8-6-9)20(17,18)19;14-11-5-3-10(4-6-11)13(17)9-15-7-1-2-12(16)8-15/h1-8H,(H,15,16)(H,17,18,19);1-8H,9H2. The Bertz CT molecular complexity index is 1510. The number of aromatic hydroxyl groups is 1. The Labute approximate surface area is 223 Å². The third kappa shape index (κ3) is 8.40. The topological polar surface area (TPSA) is 127 Å². The van der Waals surface area contributed by atoms with Gasteiger partial charge in [0.1, 0.15) is 10.1 Å². The maximum Gasteiger partial charge on any atom is 0.257 e. The van der Waals surface area contributed by atoms with E-state index < -0.39 is 16.0 Å². The fraction of sp³-hybridized carbons (Fsp3) is 0.0385. The average molecular weight is 559 g/mol. The number of carbonyl (C=O) groups is 2. The number of nitrogens with one attached hydrogen (secondary N) is 1. The van der Waals surface area contributed by atoms with Gasteiger partial charge in [0.15, 0.2) is 11.9 Å². The quantitative estimate of drug-likeness (QED) is 0.200. The van der Waals surface area contributed by atoms with Crippen molar-refractivity contribution in [1.29, 1.82) is 0 Å². The average Bonchev–Trinajstić information content (AvgIpc) is 2.85. The van der Waals surface area contributed by atoms with Crippen LogP contribution in [0, 0.1) is 0 Å². The molecule has 0 radical (unpaired) electrons. The van der Waals surface area contributed by atoms with Crippen LogP contribution in [0.3, 0.4) is 0 Å². The zero-order chi connectivity index (χ0) is 27.0. The minimum Gasteiger partial charge on any atom is -0.744 e. The number of anilines is 1. The van der Waals surface area contributed by atoms with Gasteiger partial charge in [-0.2, -0.15) is 4.57 Å². The summed E-state index contributed by atoms with van der Waals surface area (Å²) in [6.45, 7) is 0.191. The first-order valence-corrected chi connectivity index (χ1v) is 12.8. The van der Waals surface area contributed by atoms with Gasteiger partial charge in [0.25, 0.3) is 5.91 Å². The van der Waals surface area contributed by atoms with E-state index in [0.29, 0.717) is 26.9 Å². The molecule has 0 bridgehead atoms. The van der Waals surface area contributed by atoms with E-state index >= 15 is 0 Å². The van der Waals surface area contributed by atoms with Gasteiger partial charge >= 0.3 is 0 Å². The Hall–Kier alpha value is -3.76. The number of Topliss-reactive ketones (excluding diaryl/α,β-unsaturated/α-hetero) is 1. The van der Waals surface area contributed by atoms with Crippen LogP contribution in [0.5, 0.6) is 5.75 Å². The van der Waals surface area contributed by atoms with Crippen molar-refractivity contribution in [3.05, 3.63) is 118 Å². The Morgan fingerprint density at radius 1 is 0.892 bits per heavy atom. The predicted octanol–water partition coefficient (Wildman–Crippen LogP) is 4.71. The van der Waals surface area contributed by atoms with Gasteiger partial charge in [-0.25, -0.2) is 8.42 Å².